The molecule has 3 heterocycles. The fourth-order valence-electron chi connectivity index (χ4n) is 7.87. The van der Waals surface area contributed by atoms with Gasteiger partial charge < -0.3 is 32.7 Å². The predicted molar refractivity (Wildman–Crippen MR) is 216 cm³/mol. The molecule has 13 nitrogen and oxygen atoms in total. The molecule has 2 saturated heterocycles. The lowest BCUT2D eigenvalue weighted by Gasteiger charge is -2.46. The molecule has 3 aromatic carbocycles. The van der Waals surface area contributed by atoms with Gasteiger partial charge in [0.15, 0.2) is 0 Å². The third kappa shape index (κ3) is 8.45. The standard InChI is InChI=1S/C43H53N4O9P/c1-28(2)47(29(3)4)57(54-24-12-23-44)56-38-37-31(6)26-52-42(38,55-40(37)46-25-30(5)39(48)45-41(46)49)27-53-43(32-13-10-9-11-14-32,33-15-19-35(50-7)20-16-33)34-17-21-36(51-8)22-18-34/h9-11,13-22,25,28-29,31,37-38,40H,12,24,26-27H2,1-8H3,(H,45,48,49)/t31-,37-,38+,40-,42-,57?/m1/s1. The van der Waals surface area contributed by atoms with Crippen molar-refractivity contribution < 1.29 is 32.7 Å². The van der Waals surface area contributed by atoms with Gasteiger partial charge in [0, 0.05) is 29.8 Å². The molecule has 14 heteroatoms. The van der Waals surface area contributed by atoms with E-state index in [0.717, 1.165) is 16.7 Å². The first-order valence-corrected chi connectivity index (χ1v) is 20.4. The number of fused-ring (bicyclic) bond motifs is 2. The number of nitriles is 1. The summed E-state index contributed by atoms with van der Waals surface area (Å²) in [4.78, 5) is 28.6. The van der Waals surface area contributed by atoms with Crippen molar-refractivity contribution in [2.24, 2.45) is 11.8 Å². The lowest BCUT2D eigenvalue weighted by atomic mass is 9.79. The Bertz CT molecular complexity index is 2050. The number of rotatable bonds is 17. The van der Waals surface area contributed by atoms with Crippen molar-refractivity contribution in [2.45, 2.75) is 83.8 Å². The molecular formula is C43H53N4O9P. The Labute approximate surface area is 335 Å². The number of nitrogens with one attached hydrogen (secondary N) is 1. The Hall–Kier alpha value is -4.38. The van der Waals surface area contributed by atoms with Gasteiger partial charge in [-0.25, -0.2) is 9.46 Å². The summed E-state index contributed by atoms with van der Waals surface area (Å²) < 4.78 is 49.5. The number of hydrogen-bond acceptors (Lipinski definition) is 11. The van der Waals surface area contributed by atoms with Crippen molar-refractivity contribution in [3.05, 3.63) is 128 Å². The fraction of sp³-hybridized carbons (Fsp3) is 0.465. The second-order valence-electron chi connectivity index (χ2n) is 15.0. The number of methoxy groups -OCH3 is 2. The SMILES string of the molecule is COc1ccc(C(OC[C@@]23OC[C@@H](C)[C@@H]([C@H](n4cc(C)c(=O)[nH]c4=O)O2)[C@@H]3OP(OCCC#N)N(C(C)C)C(C)C)(c2ccccc2)c2ccc(OC)cc2)cc1. The van der Waals surface area contributed by atoms with Gasteiger partial charge in [0.25, 0.3) is 14.1 Å². The number of hydrogen-bond donors (Lipinski definition) is 1. The van der Waals surface area contributed by atoms with Crippen molar-refractivity contribution >= 4 is 8.53 Å². The van der Waals surface area contributed by atoms with E-state index >= 15 is 0 Å². The van der Waals surface area contributed by atoms with Crippen molar-refractivity contribution in [3.63, 3.8) is 0 Å². The molecule has 304 valence electrons. The van der Waals surface area contributed by atoms with Crippen LogP contribution in [-0.4, -0.2) is 72.2 Å². The molecule has 0 amide bonds. The number of aromatic amines is 1. The fourth-order valence-corrected chi connectivity index (χ4v) is 9.67. The van der Waals surface area contributed by atoms with Crippen LogP contribution in [-0.2, 0) is 28.9 Å². The number of benzene rings is 3. The van der Waals surface area contributed by atoms with E-state index in [0.29, 0.717) is 17.1 Å². The number of H-pyrrole nitrogens is 1. The zero-order chi connectivity index (χ0) is 40.9. The van der Waals surface area contributed by atoms with E-state index < -0.39 is 49.4 Å². The summed E-state index contributed by atoms with van der Waals surface area (Å²) in [5.74, 6) is -0.835. The molecule has 2 aliphatic rings. The van der Waals surface area contributed by atoms with Gasteiger partial charge >= 0.3 is 5.69 Å². The van der Waals surface area contributed by atoms with Crippen LogP contribution in [0, 0.1) is 30.1 Å². The predicted octanol–water partition coefficient (Wildman–Crippen LogP) is 7.04. The van der Waals surface area contributed by atoms with Crippen LogP contribution in [0.3, 0.4) is 0 Å². The highest BCUT2D eigenvalue weighted by atomic mass is 31.2. The maximum atomic E-state index is 13.6. The number of nitrogens with zero attached hydrogens (tertiary/aromatic N) is 3. The highest BCUT2D eigenvalue weighted by molar-refractivity contribution is 7.44. The van der Waals surface area contributed by atoms with Crippen molar-refractivity contribution in [1.82, 2.24) is 14.2 Å². The average Bonchev–Trinajstić information content (AvgIpc) is 3.43. The quantitative estimate of drug-likeness (QED) is 0.0667. The monoisotopic (exact) mass is 800 g/mol. The van der Waals surface area contributed by atoms with Crippen molar-refractivity contribution in [1.29, 1.82) is 5.26 Å². The summed E-state index contributed by atoms with van der Waals surface area (Å²) >= 11 is 0. The van der Waals surface area contributed by atoms with E-state index in [4.69, 9.17) is 32.7 Å². The van der Waals surface area contributed by atoms with Gasteiger partial charge in [-0.2, -0.15) is 5.26 Å². The molecule has 1 unspecified atom stereocenters. The molecular weight excluding hydrogens is 747 g/mol. The second kappa shape index (κ2) is 18.0. The van der Waals surface area contributed by atoms with Crippen LogP contribution in [0.1, 0.15) is 69.5 Å². The molecule has 4 aromatic rings. The minimum Gasteiger partial charge on any atom is -0.497 e. The second-order valence-corrected chi connectivity index (χ2v) is 16.4. The Balaban J connectivity index is 1.54. The molecule has 0 aliphatic carbocycles. The molecule has 2 aliphatic heterocycles. The van der Waals surface area contributed by atoms with E-state index in [-0.39, 0.29) is 44.2 Å². The highest BCUT2D eigenvalue weighted by Gasteiger charge is 2.64. The zero-order valence-corrected chi connectivity index (χ0v) is 34.7. The van der Waals surface area contributed by atoms with Gasteiger partial charge in [-0.1, -0.05) is 61.5 Å². The normalized spacial score (nSPS) is 22.5. The lowest BCUT2D eigenvalue weighted by Crippen LogP contribution is -2.56. The summed E-state index contributed by atoms with van der Waals surface area (Å²) in [7, 11) is 1.45. The lowest BCUT2D eigenvalue weighted by molar-refractivity contribution is -0.299. The van der Waals surface area contributed by atoms with E-state index in [2.05, 4.69) is 43.4 Å². The summed E-state index contributed by atoms with van der Waals surface area (Å²) in [5, 5.41) is 9.44. The van der Waals surface area contributed by atoms with Gasteiger partial charge in [0.2, 0.25) is 5.79 Å². The van der Waals surface area contributed by atoms with E-state index in [1.165, 1.54) is 10.8 Å². The van der Waals surface area contributed by atoms with Crippen LogP contribution in [0.25, 0.3) is 0 Å². The van der Waals surface area contributed by atoms with E-state index in [1.807, 2.05) is 85.8 Å². The molecule has 0 radical (unpaired) electrons. The Kier molecular flexibility index (Phi) is 13.4. The molecule has 0 spiro atoms. The maximum Gasteiger partial charge on any atom is 0.330 e. The molecule has 6 rings (SSSR count). The largest absolute Gasteiger partial charge is 0.497 e. The van der Waals surface area contributed by atoms with Crippen LogP contribution in [0.5, 0.6) is 11.5 Å². The van der Waals surface area contributed by atoms with Crippen LogP contribution < -0.4 is 20.7 Å². The molecule has 2 fully saturated rings. The summed E-state index contributed by atoms with van der Waals surface area (Å²) in [5.41, 5.74) is 0.491. The molecule has 1 N–H and O–H groups in total. The minimum absolute atomic E-state index is 0.0158. The van der Waals surface area contributed by atoms with Gasteiger partial charge in [0.05, 0.1) is 39.9 Å². The van der Waals surface area contributed by atoms with Crippen LogP contribution in [0.2, 0.25) is 0 Å². The topological polar surface area (TPSA) is 147 Å². The number of aryl methyl sites for hydroxylation is 1. The highest BCUT2D eigenvalue weighted by Crippen LogP contribution is 2.58. The van der Waals surface area contributed by atoms with Crippen LogP contribution in [0.4, 0.5) is 0 Å². The Morgan fingerprint density at radius 1 is 0.947 bits per heavy atom. The summed E-state index contributed by atoms with van der Waals surface area (Å²) in [6, 6.07) is 27.6. The molecule has 6 atom stereocenters. The average molecular weight is 801 g/mol. The van der Waals surface area contributed by atoms with E-state index in [9.17, 15) is 14.9 Å². The van der Waals surface area contributed by atoms with Crippen LogP contribution in [0.15, 0.2) is 94.6 Å². The van der Waals surface area contributed by atoms with E-state index in [1.54, 1.807) is 21.1 Å². The molecule has 2 bridgehead atoms. The molecule has 0 saturated carbocycles. The number of aromatic nitrogens is 2. The summed E-state index contributed by atoms with van der Waals surface area (Å²) in [6.45, 7) is 12.2. The molecule has 57 heavy (non-hydrogen) atoms. The molecule has 1 aromatic heterocycles. The van der Waals surface area contributed by atoms with Crippen LogP contribution >= 0.6 is 8.53 Å². The smallest absolute Gasteiger partial charge is 0.330 e. The Morgan fingerprint density at radius 3 is 2.07 bits per heavy atom. The Morgan fingerprint density at radius 2 is 1.53 bits per heavy atom. The number of ether oxygens (including phenoxy) is 5. The van der Waals surface area contributed by atoms with Crippen molar-refractivity contribution in [3.8, 4) is 17.6 Å². The first-order chi connectivity index (χ1) is 27.4. The first-order valence-electron chi connectivity index (χ1n) is 19.3. The van der Waals surface area contributed by atoms with Crippen molar-refractivity contribution in [2.75, 3.05) is 34.0 Å². The van der Waals surface area contributed by atoms with Gasteiger partial charge in [-0.3, -0.25) is 14.3 Å². The first kappa shape index (κ1) is 42.2. The van der Waals surface area contributed by atoms with Gasteiger partial charge in [-0.05, 0) is 81.5 Å². The van der Waals surface area contributed by atoms with Gasteiger partial charge in [-0.15, -0.1) is 0 Å². The summed E-state index contributed by atoms with van der Waals surface area (Å²) in [6.07, 6.45) is -0.0431. The zero-order valence-electron chi connectivity index (χ0n) is 33.8. The third-order valence-corrected chi connectivity index (χ3v) is 12.7. The minimum atomic E-state index is -1.80. The maximum absolute atomic E-state index is 13.6. The van der Waals surface area contributed by atoms with Gasteiger partial charge in [0.1, 0.15) is 36.0 Å². The third-order valence-electron chi connectivity index (χ3n) is 10.6.